The summed E-state index contributed by atoms with van der Waals surface area (Å²) in [6, 6.07) is 14.1. The molecule has 5 nitrogen and oxygen atoms in total. The fourth-order valence-corrected chi connectivity index (χ4v) is 2.05. The number of hydrogen-bond acceptors (Lipinski definition) is 4. The summed E-state index contributed by atoms with van der Waals surface area (Å²) >= 11 is 5.93. The quantitative estimate of drug-likeness (QED) is 0.752. The number of nitrogens with one attached hydrogen (secondary N) is 2. The molecule has 6 heteroatoms. The van der Waals surface area contributed by atoms with Crippen LogP contribution in [-0.2, 0) is 0 Å². The second-order valence-electron chi connectivity index (χ2n) is 4.50. The molecule has 0 fully saturated rings. The summed E-state index contributed by atoms with van der Waals surface area (Å²) in [6.07, 6.45) is 3.01. The van der Waals surface area contributed by atoms with Crippen molar-refractivity contribution in [3.63, 3.8) is 0 Å². The molecule has 1 amide bonds. The van der Waals surface area contributed by atoms with Crippen molar-refractivity contribution in [1.29, 1.82) is 0 Å². The zero-order chi connectivity index (χ0) is 15.4. The third kappa shape index (κ3) is 3.45. The van der Waals surface area contributed by atoms with Crippen molar-refractivity contribution in [2.75, 3.05) is 10.6 Å². The average Bonchev–Trinajstić information content (AvgIpc) is 3.04. The van der Waals surface area contributed by atoms with Gasteiger partial charge in [-0.3, -0.25) is 4.79 Å². The number of halogens is 1. The Labute approximate surface area is 131 Å². The Morgan fingerprint density at radius 2 is 2.00 bits per heavy atom. The summed E-state index contributed by atoms with van der Waals surface area (Å²) in [5.41, 5.74) is 1.42. The Morgan fingerprint density at radius 3 is 2.68 bits per heavy atom. The molecule has 0 aliphatic heterocycles. The number of anilines is 3. The van der Waals surface area contributed by atoms with E-state index in [2.05, 4.69) is 15.6 Å². The normalized spacial score (nSPS) is 10.2. The zero-order valence-electron chi connectivity index (χ0n) is 11.4. The van der Waals surface area contributed by atoms with Gasteiger partial charge in [0.05, 0.1) is 18.1 Å². The molecule has 0 saturated carbocycles. The molecule has 2 aromatic heterocycles. The molecular formula is C16H12ClN3O2. The minimum Gasteiger partial charge on any atom is -0.459 e. The summed E-state index contributed by atoms with van der Waals surface area (Å²) in [6.45, 7) is 0. The largest absolute Gasteiger partial charge is 0.459 e. The van der Waals surface area contributed by atoms with Gasteiger partial charge in [-0.05, 0) is 42.5 Å². The summed E-state index contributed by atoms with van der Waals surface area (Å²) < 4.78 is 5.02. The zero-order valence-corrected chi connectivity index (χ0v) is 12.2. The molecule has 0 radical (unpaired) electrons. The van der Waals surface area contributed by atoms with Crippen LogP contribution in [0.25, 0.3) is 0 Å². The third-order valence-electron chi connectivity index (χ3n) is 2.86. The lowest BCUT2D eigenvalue weighted by Crippen LogP contribution is -2.11. The number of carbonyl (C=O) groups is 1. The number of pyridine rings is 1. The smallest absolute Gasteiger partial charge is 0.291 e. The van der Waals surface area contributed by atoms with E-state index >= 15 is 0 Å². The molecular weight excluding hydrogens is 302 g/mol. The van der Waals surface area contributed by atoms with E-state index in [1.165, 1.54) is 6.26 Å². The van der Waals surface area contributed by atoms with Crippen LogP contribution in [0.4, 0.5) is 17.2 Å². The summed E-state index contributed by atoms with van der Waals surface area (Å²) in [4.78, 5) is 16.1. The number of aromatic nitrogens is 1. The van der Waals surface area contributed by atoms with Crippen LogP contribution in [0.3, 0.4) is 0 Å². The van der Waals surface area contributed by atoms with E-state index in [0.717, 1.165) is 5.69 Å². The lowest BCUT2D eigenvalue weighted by Gasteiger charge is -2.07. The first-order chi connectivity index (χ1) is 10.7. The molecule has 110 valence electrons. The van der Waals surface area contributed by atoms with Crippen molar-refractivity contribution >= 4 is 34.7 Å². The molecule has 0 atom stereocenters. The highest BCUT2D eigenvalue weighted by Crippen LogP contribution is 2.19. The predicted molar refractivity (Wildman–Crippen MR) is 85.6 cm³/mol. The first kappa shape index (κ1) is 14.2. The van der Waals surface area contributed by atoms with E-state index < -0.39 is 0 Å². The first-order valence-corrected chi connectivity index (χ1v) is 6.92. The van der Waals surface area contributed by atoms with Crippen molar-refractivity contribution in [1.82, 2.24) is 4.98 Å². The standard InChI is InChI=1S/C16H12ClN3O2/c17-11-3-1-4-12(9-11)19-15-7-6-13(10-18-15)20-16(21)14-5-2-8-22-14/h1-10H,(H,18,19)(H,20,21). The van der Waals surface area contributed by atoms with Crippen LogP contribution in [0.15, 0.2) is 65.4 Å². The molecule has 0 bridgehead atoms. The molecule has 0 aliphatic rings. The maximum atomic E-state index is 11.8. The monoisotopic (exact) mass is 313 g/mol. The number of furan rings is 1. The highest BCUT2D eigenvalue weighted by atomic mass is 35.5. The lowest BCUT2D eigenvalue weighted by molar-refractivity contribution is 0.0996. The highest BCUT2D eigenvalue weighted by molar-refractivity contribution is 6.30. The molecule has 22 heavy (non-hydrogen) atoms. The Kier molecular flexibility index (Phi) is 4.07. The maximum absolute atomic E-state index is 11.8. The van der Waals surface area contributed by atoms with Crippen LogP contribution < -0.4 is 10.6 Å². The predicted octanol–water partition coefficient (Wildman–Crippen LogP) is 4.32. The van der Waals surface area contributed by atoms with Gasteiger partial charge in [0, 0.05) is 10.7 Å². The van der Waals surface area contributed by atoms with E-state index in [-0.39, 0.29) is 11.7 Å². The van der Waals surface area contributed by atoms with Crippen molar-refractivity contribution in [3.8, 4) is 0 Å². The molecule has 0 aliphatic carbocycles. The van der Waals surface area contributed by atoms with Crippen molar-refractivity contribution in [2.24, 2.45) is 0 Å². The van der Waals surface area contributed by atoms with Crippen LogP contribution in [0.2, 0.25) is 5.02 Å². The second kappa shape index (κ2) is 6.32. The van der Waals surface area contributed by atoms with E-state index in [1.54, 1.807) is 42.6 Å². The highest BCUT2D eigenvalue weighted by Gasteiger charge is 2.08. The van der Waals surface area contributed by atoms with Gasteiger partial charge in [0.1, 0.15) is 5.82 Å². The van der Waals surface area contributed by atoms with Crippen LogP contribution >= 0.6 is 11.6 Å². The minimum atomic E-state index is -0.317. The number of amides is 1. The number of benzene rings is 1. The Hall–Kier alpha value is -2.79. The van der Waals surface area contributed by atoms with Gasteiger partial charge in [0.15, 0.2) is 5.76 Å². The van der Waals surface area contributed by atoms with Crippen molar-refractivity contribution < 1.29 is 9.21 Å². The Balaban J connectivity index is 1.66. The fraction of sp³-hybridized carbons (Fsp3) is 0. The summed E-state index contributed by atoms with van der Waals surface area (Å²) in [5.74, 6) is 0.585. The fourth-order valence-electron chi connectivity index (χ4n) is 1.86. The van der Waals surface area contributed by atoms with Gasteiger partial charge in [0.25, 0.3) is 5.91 Å². The Morgan fingerprint density at radius 1 is 1.09 bits per heavy atom. The maximum Gasteiger partial charge on any atom is 0.291 e. The van der Waals surface area contributed by atoms with Gasteiger partial charge in [-0.2, -0.15) is 0 Å². The van der Waals surface area contributed by atoms with Gasteiger partial charge >= 0.3 is 0 Å². The van der Waals surface area contributed by atoms with Gasteiger partial charge in [0.2, 0.25) is 0 Å². The third-order valence-corrected chi connectivity index (χ3v) is 3.10. The molecule has 0 saturated heterocycles. The molecule has 3 aromatic rings. The molecule has 0 unspecified atom stereocenters. The molecule has 1 aromatic carbocycles. The number of carbonyl (C=O) groups excluding carboxylic acids is 1. The Bertz CT molecular complexity index is 770. The summed E-state index contributed by atoms with van der Waals surface area (Å²) in [5, 5.41) is 6.47. The van der Waals surface area contributed by atoms with Gasteiger partial charge in [-0.25, -0.2) is 4.98 Å². The SMILES string of the molecule is O=C(Nc1ccc(Nc2cccc(Cl)c2)nc1)c1ccco1. The van der Waals surface area contributed by atoms with Crippen LogP contribution in [0.5, 0.6) is 0 Å². The topological polar surface area (TPSA) is 67.2 Å². The first-order valence-electron chi connectivity index (χ1n) is 6.54. The molecule has 2 heterocycles. The molecule has 3 rings (SSSR count). The van der Waals surface area contributed by atoms with Gasteiger partial charge < -0.3 is 15.1 Å². The number of nitrogens with zero attached hydrogens (tertiary/aromatic N) is 1. The van der Waals surface area contributed by atoms with Crippen LogP contribution in [0, 0.1) is 0 Å². The van der Waals surface area contributed by atoms with Gasteiger partial charge in [-0.1, -0.05) is 17.7 Å². The second-order valence-corrected chi connectivity index (χ2v) is 4.94. The van der Waals surface area contributed by atoms with E-state index in [9.17, 15) is 4.79 Å². The van der Waals surface area contributed by atoms with Crippen LogP contribution in [-0.4, -0.2) is 10.9 Å². The number of hydrogen-bond donors (Lipinski definition) is 2. The van der Waals surface area contributed by atoms with Crippen molar-refractivity contribution in [2.45, 2.75) is 0 Å². The summed E-state index contributed by atoms with van der Waals surface area (Å²) in [7, 11) is 0. The number of rotatable bonds is 4. The lowest BCUT2D eigenvalue weighted by atomic mass is 10.3. The molecule has 0 spiro atoms. The van der Waals surface area contributed by atoms with Crippen LogP contribution in [0.1, 0.15) is 10.6 Å². The molecule has 2 N–H and O–H groups in total. The van der Waals surface area contributed by atoms with Gasteiger partial charge in [-0.15, -0.1) is 0 Å². The van der Waals surface area contributed by atoms with Crippen molar-refractivity contribution in [3.05, 3.63) is 71.8 Å². The van der Waals surface area contributed by atoms with E-state index in [0.29, 0.717) is 16.5 Å². The average molecular weight is 314 g/mol. The van der Waals surface area contributed by atoms with E-state index in [4.69, 9.17) is 16.0 Å². The minimum absolute atomic E-state index is 0.251. The van der Waals surface area contributed by atoms with E-state index in [1.807, 2.05) is 12.1 Å².